The lowest BCUT2D eigenvalue weighted by molar-refractivity contribution is -0.131. The summed E-state index contributed by atoms with van der Waals surface area (Å²) in [6.07, 6.45) is 10.4. The first-order chi connectivity index (χ1) is 71.1. The number of unbranched alkanes of at least 4 members (excludes halogenated alkanes) is 3. The summed E-state index contributed by atoms with van der Waals surface area (Å²) < 4.78 is 25.6. The molecule has 0 bridgehead atoms. The van der Waals surface area contributed by atoms with Crippen LogP contribution in [0.3, 0.4) is 0 Å². The quantitative estimate of drug-likeness (QED) is 0.0189. The van der Waals surface area contributed by atoms with Crippen LogP contribution in [0.25, 0.3) is 32.3 Å². The number of fused-ring (bicyclic) bond motifs is 1. The Morgan fingerprint density at radius 1 is 0.449 bits per heavy atom. The van der Waals surface area contributed by atoms with Crippen molar-refractivity contribution >= 4 is 110 Å². The van der Waals surface area contributed by atoms with Crippen molar-refractivity contribution in [3.63, 3.8) is 0 Å². The number of methoxy groups -OCH3 is 2. The van der Waals surface area contributed by atoms with Crippen molar-refractivity contribution in [1.82, 2.24) is 35.1 Å². The summed E-state index contributed by atoms with van der Waals surface area (Å²) in [5.74, 6) is 1.84. The maximum absolute atomic E-state index is 14.0. The molecule has 0 saturated heterocycles. The number of nitrogens with two attached hydrogens (primary N) is 5. The molecule has 7 heterocycles. The predicted molar refractivity (Wildman–Crippen MR) is 581 cm³/mol. The van der Waals surface area contributed by atoms with Gasteiger partial charge in [0.05, 0.1) is 39.1 Å². The molecule has 758 valence electrons. The van der Waals surface area contributed by atoms with Crippen molar-refractivity contribution in [2.75, 3.05) is 65.9 Å². The number of ether oxygens (including phenoxy) is 2. The number of guanidine groups is 5. The Hall–Kier alpha value is -16.0. The summed E-state index contributed by atoms with van der Waals surface area (Å²) in [6.45, 7) is 8.77. The van der Waals surface area contributed by atoms with Gasteiger partial charge in [-0.25, -0.2) is 34.1 Å². The minimum absolute atomic E-state index is 0.0108. The first-order valence-electron chi connectivity index (χ1n) is 49.4. The summed E-state index contributed by atoms with van der Waals surface area (Å²) in [7, 11) is 4.77. The zero-order valence-electron chi connectivity index (χ0n) is 83.4. The van der Waals surface area contributed by atoms with Crippen LogP contribution in [0.15, 0.2) is 339 Å². The third-order valence-electron chi connectivity index (χ3n) is 27.1. The maximum Gasteiger partial charge on any atom is 0.319 e. The molecule has 8 amide bonds. The minimum atomic E-state index is -1.20. The molecule has 13 aromatic rings. The number of benzene rings is 11. The molecule has 2 aromatic heterocycles. The first-order valence-corrected chi connectivity index (χ1v) is 51.1. The number of aryl methyl sites for hydroxylation is 1. The molecular formula is C116H125FN18O10S2. The highest BCUT2D eigenvalue weighted by Crippen LogP contribution is 2.46. The van der Waals surface area contributed by atoms with E-state index in [0.29, 0.717) is 76.3 Å². The standard InChI is InChI=1S/C29H25N3O2.C27H29N5O2.C26H32N4O2.C17H18FN3O2S.C17H21N3O2S/c1-34-26-18-9-8-17-25(26)22-12-10-11-21(19-22)20-32-27(33)29(31-28(32)30,23-13-4-2-5-14-23)24-15-6-3-7-16-24;1-20-11-10-16-23(19-20)30-26(34)29-17-8-9-18-32-24(33)27(31-25(32)28,21-12-4-2-5-13-21)22-14-6-3-7-15-22;27-25-29-26(21-14-6-2-7-15-21,22-16-8-3-9-17-22)24(32)30(25)19-11-10-18-28-23(31)20-12-4-1-5-13-20;1-17(8-15(22)21(2)16(19)20-17)14-6-11(9-24-14)10-4-12(18)7-13(5-10)23-3;1-17(13-4-5-14-12(10-13)6-9-23-14)11-15(22)20(16(18)19-17)7-2-3-8-21/h2-19H,20H2,1H3,(H2,30,31);2-7,10-16,19H,8-9,17-18H2,1H3,(H2,28,31)(H2,29,30,34);2-3,6-9,14-17,20H,1,4-5,10-13,18-19H2,(H2,27,29)(H,28,31);4-7,9H,8H2,1-3H3,(H2,19,20);4-6,9-10,21H,2-3,7-8,11H2,1H3,(H2,18,19)/t;;;2*17-/m...00/s1. The van der Waals surface area contributed by atoms with E-state index in [1.165, 1.54) is 56.9 Å². The first kappa shape index (κ1) is 105. The summed E-state index contributed by atoms with van der Waals surface area (Å²) in [5, 5.41) is 22.7. The fourth-order valence-electron chi connectivity index (χ4n) is 19.2. The molecule has 28 nitrogen and oxygen atoms in total. The number of halogens is 1. The second kappa shape index (κ2) is 48.1. The number of hydrogen-bond donors (Lipinski definition) is 9. The van der Waals surface area contributed by atoms with Gasteiger partial charge in [-0.1, -0.05) is 256 Å². The smallest absolute Gasteiger partial charge is 0.319 e. The van der Waals surface area contributed by atoms with Crippen LogP contribution in [-0.2, 0) is 63.0 Å². The Kier molecular flexibility index (Phi) is 34.5. The van der Waals surface area contributed by atoms with Crippen molar-refractivity contribution in [2.24, 2.45) is 59.5 Å². The average Bonchev–Trinajstić information content (AvgIpc) is 1.59. The fraction of sp³-hybridized carbons (Fsp3) is 0.276. The molecule has 0 unspecified atom stereocenters. The number of para-hydroxylation sites is 1. The van der Waals surface area contributed by atoms with Crippen LogP contribution in [0.5, 0.6) is 11.5 Å². The number of aliphatic hydroxyl groups is 1. The van der Waals surface area contributed by atoms with Crippen LogP contribution in [0.4, 0.5) is 14.9 Å². The molecule has 147 heavy (non-hydrogen) atoms. The second-order valence-electron chi connectivity index (χ2n) is 37.3. The van der Waals surface area contributed by atoms with Crippen LogP contribution < -0.4 is 54.1 Å². The number of amides is 8. The van der Waals surface area contributed by atoms with Gasteiger partial charge in [0, 0.05) is 79.2 Å². The third-order valence-corrected chi connectivity index (χ3v) is 29.2. The number of rotatable bonds is 30. The van der Waals surface area contributed by atoms with Gasteiger partial charge in [0.15, 0.2) is 46.4 Å². The van der Waals surface area contributed by atoms with E-state index in [2.05, 4.69) is 55.6 Å². The lowest BCUT2D eigenvalue weighted by Crippen LogP contribution is -2.50. The molecule has 0 radical (unpaired) electrons. The summed E-state index contributed by atoms with van der Waals surface area (Å²) in [4.78, 5) is 122. The van der Waals surface area contributed by atoms with Crippen molar-refractivity contribution < 1.29 is 52.5 Å². The number of carbonyl (C=O) groups is 7. The molecular weight excluding hydrogens is 1890 g/mol. The predicted octanol–water partition coefficient (Wildman–Crippen LogP) is 17.9. The van der Waals surface area contributed by atoms with Crippen LogP contribution in [0.2, 0.25) is 0 Å². The maximum atomic E-state index is 14.0. The minimum Gasteiger partial charge on any atom is -0.497 e. The monoisotopic (exact) mass is 2010 g/mol. The summed E-state index contributed by atoms with van der Waals surface area (Å²) in [6, 6.07) is 95.5. The third kappa shape index (κ3) is 24.2. The molecule has 11 aromatic carbocycles. The van der Waals surface area contributed by atoms with Crippen molar-refractivity contribution in [3.05, 3.63) is 375 Å². The van der Waals surface area contributed by atoms with E-state index in [9.17, 15) is 38.0 Å². The van der Waals surface area contributed by atoms with Crippen molar-refractivity contribution in [1.29, 1.82) is 0 Å². The molecule has 14 N–H and O–H groups in total. The van der Waals surface area contributed by atoms with Gasteiger partial charge in [0.1, 0.15) is 22.9 Å². The van der Waals surface area contributed by atoms with Crippen molar-refractivity contribution in [2.45, 2.75) is 138 Å². The van der Waals surface area contributed by atoms with E-state index < -0.39 is 27.7 Å². The Bertz CT molecular complexity index is 6850. The van der Waals surface area contributed by atoms with Crippen LogP contribution in [-0.4, -0.2) is 161 Å². The van der Waals surface area contributed by atoms with Gasteiger partial charge in [-0.2, -0.15) is 0 Å². The zero-order chi connectivity index (χ0) is 104. The number of anilines is 1. The molecule has 31 heteroatoms. The lowest BCUT2D eigenvalue weighted by Gasteiger charge is -2.35. The summed E-state index contributed by atoms with van der Waals surface area (Å²) >= 11 is 3.18. The van der Waals surface area contributed by atoms with Gasteiger partial charge in [-0.05, 0) is 216 Å². The Balaban J connectivity index is 0.000000139. The number of aliphatic imine (C=N–C) groups is 5. The molecule has 6 aliphatic rings. The van der Waals surface area contributed by atoms with Crippen LogP contribution >= 0.6 is 22.7 Å². The number of hydrogen-bond acceptors (Lipinski definition) is 22. The average molecular weight is 2010 g/mol. The highest BCUT2D eigenvalue weighted by Gasteiger charge is 2.54. The zero-order valence-corrected chi connectivity index (χ0v) is 85.0. The highest BCUT2D eigenvalue weighted by molar-refractivity contribution is 7.17. The fourth-order valence-corrected chi connectivity index (χ4v) is 21.0. The van der Waals surface area contributed by atoms with Gasteiger partial charge in [-0.15, -0.1) is 22.7 Å². The van der Waals surface area contributed by atoms with Gasteiger partial charge < -0.3 is 59.2 Å². The molecule has 5 aliphatic heterocycles. The highest BCUT2D eigenvalue weighted by atomic mass is 32.1. The van der Waals surface area contributed by atoms with E-state index in [1.54, 1.807) is 46.3 Å². The van der Waals surface area contributed by atoms with E-state index in [-0.39, 0.29) is 96.0 Å². The lowest BCUT2D eigenvalue weighted by atomic mass is 9.83. The molecule has 19 rings (SSSR count). The number of aliphatic hydroxyl groups excluding tert-OH is 1. The molecule has 1 fully saturated rings. The topological polar surface area (TPSA) is 402 Å². The number of urea groups is 1. The SMILES string of the molecule is COc1cc(F)cc(-c2csc([C@]3(C)CC(=O)N(C)C(N)=N3)c2)c1.COc1ccccc1-c1cccc(CN2C(=O)C(c3ccccc3)(c3ccccc3)N=C2N)c1.C[C@@]1(c2ccc3sccc3c2)CC(=O)N(CCCCO)C(N)=N1.Cc1cccc(NC(=O)NCCCCN2C(=O)C(c3ccccc3)(c3ccccc3)N=C2N)c1.NC1=NC(c2ccccc2)(c2ccccc2)C(=O)N1CCCCNC(=O)C1CCCCC1. The van der Waals surface area contributed by atoms with Gasteiger partial charge in [-0.3, -0.25) is 53.3 Å². The van der Waals surface area contributed by atoms with Gasteiger partial charge in [0.25, 0.3) is 17.7 Å². The molecule has 0 spiro atoms. The van der Waals surface area contributed by atoms with E-state index in [4.69, 9.17) is 58.2 Å². The summed E-state index contributed by atoms with van der Waals surface area (Å²) in [5.41, 5.74) is 38.1. The van der Waals surface area contributed by atoms with Gasteiger partial charge in [0.2, 0.25) is 17.7 Å². The number of carbonyl (C=O) groups excluding carboxylic acids is 7. The second-order valence-corrected chi connectivity index (χ2v) is 39.1. The molecule has 2 atom stereocenters. The number of nitrogens with one attached hydrogen (secondary N) is 3. The largest absolute Gasteiger partial charge is 0.497 e. The number of thiophene rings is 2. The Morgan fingerprint density at radius 3 is 1.46 bits per heavy atom. The van der Waals surface area contributed by atoms with E-state index in [0.717, 1.165) is 128 Å². The van der Waals surface area contributed by atoms with Crippen molar-refractivity contribution in [3.8, 4) is 33.8 Å². The van der Waals surface area contributed by atoms with Crippen LogP contribution in [0, 0.1) is 18.7 Å². The Morgan fingerprint density at radius 2 is 0.939 bits per heavy atom. The van der Waals surface area contributed by atoms with Crippen LogP contribution in [0.1, 0.15) is 152 Å². The normalized spacial score (nSPS) is 17.6. The van der Waals surface area contributed by atoms with E-state index in [1.807, 2.05) is 287 Å². The molecule has 1 aliphatic carbocycles. The van der Waals surface area contributed by atoms with Gasteiger partial charge >= 0.3 is 6.03 Å². The molecule has 1 saturated carbocycles. The Labute approximate surface area is 864 Å². The van der Waals surface area contributed by atoms with E-state index >= 15 is 0 Å². The number of nitrogens with zero attached hydrogens (tertiary/aromatic N) is 10.